The number of rotatable bonds is 14. The maximum Gasteiger partial charge on any atom is 0.408 e. The first-order valence-corrected chi connectivity index (χ1v) is 18.5. The first kappa shape index (κ1) is 38.0. The van der Waals surface area contributed by atoms with Crippen LogP contribution in [-0.4, -0.2) is 80.7 Å². The number of ether oxygens (including phenoxy) is 3. The third kappa shape index (κ3) is 7.81. The first-order valence-electron chi connectivity index (χ1n) is 16.8. The molecule has 3 aromatic rings. The van der Waals surface area contributed by atoms with Crippen LogP contribution in [-0.2, 0) is 48.8 Å². The summed E-state index contributed by atoms with van der Waals surface area (Å²) < 4.78 is 41.5. The number of fused-ring (bicyclic) bond motifs is 1. The fourth-order valence-electron chi connectivity index (χ4n) is 7.24. The van der Waals surface area contributed by atoms with Gasteiger partial charge in [0.1, 0.15) is 17.2 Å². The van der Waals surface area contributed by atoms with E-state index in [0.29, 0.717) is 0 Å². The lowest BCUT2D eigenvalue weighted by Crippen LogP contribution is -2.63. The van der Waals surface area contributed by atoms with Gasteiger partial charge in [-0.1, -0.05) is 91.0 Å². The number of hydrogen-bond acceptors (Lipinski definition) is 10. The van der Waals surface area contributed by atoms with Gasteiger partial charge in [-0.15, -0.1) is 0 Å². The second-order valence-electron chi connectivity index (χ2n) is 14.0. The van der Waals surface area contributed by atoms with Crippen LogP contribution in [0.2, 0.25) is 0 Å². The van der Waals surface area contributed by atoms with Crippen LogP contribution in [0.1, 0.15) is 50.3 Å². The number of sulfone groups is 1. The second-order valence-corrected chi connectivity index (χ2v) is 16.1. The van der Waals surface area contributed by atoms with Gasteiger partial charge < -0.3 is 30.2 Å². The molecule has 3 N–H and O–H groups in total. The van der Waals surface area contributed by atoms with Crippen LogP contribution < -0.4 is 16.0 Å². The average Bonchev–Trinajstić information content (AvgIpc) is 3.81. The number of methoxy groups -OCH3 is 1. The van der Waals surface area contributed by atoms with Crippen LogP contribution in [0.5, 0.6) is 0 Å². The van der Waals surface area contributed by atoms with Gasteiger partial charge in [0.15, 0.2) is 15.4 Å². The predicted molar refractivity (Wildman–Crippen MR) is 189 cm³/mol. The minimum atomic E-state index is -3.92. The maximum absolute atomic E-state index is 14.1. The van der Waals surface area contributed by atoms with Crippen molar-refractivity contribution in [1.29, 1.82) is 0 Å². The summed E-state index contributed by atoms with van der Waals surface area (Å²) >= 11 is 0. The molecule has 1 saturated heterocycles. The van der Waals surface area contributed by atoms with Crippen molar-refractivity contribution in [3.8, 4) is 0 Å². The molecule has 5 rings (SSSR count). The average molecular weight is 734 g/mol. The summed E-state index contributed by atoms with van der Waals surface area (Å²) in [7, 11) is -2.86. The summed E-state index contributed by atoms with van der Waals surface area (Å²) in [5.74, 6) is -4.85. The van der Waals surface area contributed by atoms with Crippen molar-refractivity contribution >= 4 is 40.2 Å². The fraction of sp³-hybridized carbons (Fsp3) is 0.395. The lowest BCUT2D eigenvalue weighted by atomic mass is 9.77. The summed E-state index contributed by atoms with van der Waals surface area (Å²) in [5.41, 5.74) is -1.79. The van der Waals surface area contributed by atoms with Gasteiger partial charge in [-0.3, -0.25) is 14.4 Å². The largest absolute Gasteiger partial charge is 0.468 e. The zero-order valence-electron chi connectivity index (χ0n) is 29.4. The predicted octanol–water partition coefficient (Wildman–Crippen LogP) is 3.01. The first-order chi connectivity index (χ1) is 24.7. The Balaban J connectivity index is 1.45. The van der Waals surface area contributed by atoms with Crippen LogP contribution in [0.15, 0.2) is 91.0 Å². The zero-order valence-corrected chi connectivity index (χ0v) is 30.2. The van der Waals surface area contributed by atoms with Gasteiger partial charge in [-0.25, -0.2) is 18.0 Å². The van der Waals surface area contributed by atoms with Crippen molar-refractivity contribution in [3.63, 3.8) is 0 Å². The van der Waals surface area contributed by atoms with Crippen molar-refractivity contribution in [2.75, 3.05) is 19.5 Å². The molecule has 2 fully saturated rings. The number of carbonyl (C=O) groups is 5. The van der Waals surface area contributed by atoms with E-state index in [2.05, 4.69) is 16.0 Å². The molecule has 0 aromatic heterocycles. The van der Waals surface area contributed by atoms with E-state index < -0.39 is 79.3 Å². The molecule has 1 aliphatic carbocycles. The molecule has 0 unspecified atom stereocenters. The van der Waals surface area contributed by atoms with Crippen molar-refractivity contribution in [3.05, 3.63) is 108 Å². The minimum Gasteiger partial charge on any atom is -0.468 e. The quantitative estimate of drug-likeness (QED) is 0.0964. The topological polar surface area (TPSA) is 183 Å². The Morgan fingerprint density at radius 3 is 1.87 bits per heavy atom. The smallest absolute Gasteiger partial charge is 0.408 e. The molecule has 3 aromatic carbocycles. The normalized spacial score (nSPS) is 22.1. The molecule has 1 aliphatic heterocycles. The van der Waals surface area contributed by atoms with Gasteiger partial charge in [0.25, 0.3) is 6.47 Å². The number of esters is 1. The van der Waals surface area contributed by atoms with Gasteiger partial charge in [-0.2, -0.15) is 0 Å². The van der Waals surface area contributed by atoms with Crippen LogP contribution in [0.3, 0.4) is 0 Å². The highest BCUT2D eigenvalue weighted by atomic mass is 32.2. The number of amides is 3. The molecule has 14 heteroatoms. The minimum absolute atomic E-state index is 0.174. The summed E-state index contributed by atoms with van der Waals surface area (Å²) in [5, 5.41) is 7.25. The molecule has 2 aliphatic rings. The third-order valence-corrected chi connectivity index (χ3v) is 11.7. The van der Waals surface area contributed by atoms with E-state index in [4.69, 9.17) is 14.2 Å². The Hall–Kier alpha value is -5.24. The number of hydrogen-bond donors (Lipinski definition) is 3. The number of alkyl carbamates (subject to hydrolysis) is 1. The Labute approximate surface area is 302 Å². The van der Waals surface area contributed by atoms with Crippen LogP contribution in [0.4, 0.5) is 4.79 Å². The Kier molecular flexibility index (Phi) is 11.1. The van der Waals surface area contributed by atoms with Crippen LogP contribution in [0.25, 0.3) is 0 Å². The van der Waals surface area contributed by atoms with Crippen molar-refractivity contribution < 1.29 is 46.6 Å². The van der Waals surface area contributed by atoms with E-state index in [0.717, 1.165) is 23.8 Å². The molecule has 0 bridgehead atoms. The van der Waals surface area contributed by atoms with Crippen molar-refractivity contribution in [2.45, 2.75) is 61.6 Å². The fourth-order valence-corrected chi connectivity index (χ4v) is 10.0. The highest BCUT2D eigenvalue weighted by Gasteiger charge is 2.77. The van der Waals surface area contributed by atoms with Gasteiger partial charge in [0.2, 0.25) is 11.8 Å². The highest BCUT2D eigenvalue weighted by Crippen LogP contribution is 2.58. The molecule has 3 amide bonds. The SMILES string of the molecule is COC(=O)[C@]1(NC(=O)[C@H](CCC(=O)NC(c2ccccc2)(c2ccccc2)c2ccccc2)NC(=O)OC(C)(C)C)CS(=O)(=O)[C@H]2[C@H](COC=O)[C@H]21. The molecule has 1 heterocycles. The lowest BCUT2D eigenvalue weighted by Gasteiger charge is -2.37. The molecule has 1 saturated carbocycles. The Morgan fingerprint density at radius 1 is 0.885 bits per heavy atom. The van der Waals surface area contributed by atoms with Gasteiger partial charge in [-0.05, 0) is 43.9 Å². The molecular weight excluding hydrogens is 690 g/mol. The van der Waals surface area contributed by atoms with E-state index >= 15 is 0 Å². The van der Waals surface area contributed by atoms with E-state index in [1.165, 1.54) is 0 Å². The molecule has 0 spiro atoms. The maximum atomic E-state index is 14.1. The molecule has 5 atom stereocenters. The third-order valence-electron chi connectivity index (χ3n) is 9.38. The van der Waals surface area contributed by atoms with E-state index in [1.54, 1.807) is 20.8 Å². The summed E-state index contributed by atoms with van der Waals surface area (Å²) in [6.45, 7) is 4.80. The summed E-state index contributed by atoms with van der Waals surface area (Å²) in [4.78, 5) is 65.3. The molecule has 13 nitrogen and oxygen atoms in total. The Morgan fingerprint density at radius 2 is 1.40 bits per heavy atom. The van der Waals surface area contributed by atoms with Gasteiger partial charge in [0, 0.05) is 18.3 Å². The van der Waals surface area contributed by atoms with Crippen molar-refractivity contribution in [2.24, 2.45) is 11.8 Å². The Bertz CT molecular complexity index is 1790. The summed E-state index contributed by atoms with van der Waals surface area (Å²) in [6.07, 6.45) is -1.51. The molecular formula is C38H43N3O10S. The monoisotopic (exact) mass is 733 g/mol. The standard InChI is InChI=1S/C38H43N3O10S/c1-36(2,3)51-35(46)39-29(33(44)41-37(34(45)49-4)23-52(47,48)32-28(31(32)37)22-50-24-42)20-21-30(43)40-38(25-14-8-5-9-15-25,26-16-10-6-11-17-26)27-18-12-7-13-19-27/h5-19,24,28-29,31-32H,20-23H2,1-4H3,(H,39,46)(H,40,43)(H,41,44)/t28-,29+,31-,32+,37+/m1/s1. The number of carbonyl (C=O) groups excluding carboxylic acids is 5. The van der Waals surface area contributed by atoms with Crippen LogP contribution in [0, 0.1) is 11.8 Å². The van der Waals surface area contributed by atoms with E-state index in [1.807, 2.05) is 91.0 Å². The number of benzene rings is 3. The van der Waals surface area contributed by atoms with E-state index in [9.17, 15) is 32.4 Å². The van der Waals surface area contributed by atoms with Crippen LogP contribution >= 0.6 is 0 Å². The molecule has 52 heavy (non-hydrogen) atoms. The second kappa shape index (κ2) is 15.2. The van der Waals surface area contributed by atoms with Crippen molar-refractivity contribution in [1.82, 2.24) is 16.0 Å². The lowest BCUT2D eigenvalue weighted by molar-refractivity contribution is -0.151. The zero-order chi connectivity index (χ0) is 37.7. The molecule has 0 radical (unpaired) electrons. The van der Waals surface area contributed by atoms with Gasteiger partial charge in [0.05, 0.1) is 24.7 Å². The summed E-state index contributed by atoms with van der Waals surface area (Å²) in [6, 6.07) is 26.8. The molecule has 276 valence electrons. The highest BCUT2D eigenvalue weighted by molar-refractivity contribution is 7.92. The number of nitrogens with one attached hydrogen (secondary N) is 3. The van der Waals surface area contributed by atoms with E-state index in [-0.39, 0.29) is 25.9 Å². The van der Waals surface area contributed by atoms with Gasteiger partial charge >= 0.3 is 12.1 Å².